The van der Waals surface area contributed by atoms with Gasteiger partial charge < -0.3 is 9.47 Å². The molecule has 1 fully saturated rings. The minimum Gasteiger partial charge on any atom is -0.370 e. The van der Waals surface area contributed by atoms with E-state index in [2.05, 4.69) is 41.5 Å². The van der Waals surface area contributed by atoms with Crippen LogP contribution in [0.4, 0.5) is 0 Å². The van der Waals surface area contributed by atoms with E-state index < -0.39 is 0 Å². The maximum Gasteiger partial charge on any atom is 0.0917 e. The van der Waals surface area contributed by atoms with Crippen molar-refractivity contribution >= 4 is 29.6 Å². The fraction of sp³-hybridized carbons (Fsp3) is 1.00. The van der Waals surface area contributed by atoms with Crippen molar-refractivity contribution in [1.29, 1.82) is 0 Å². The summed E-state index contributed by atoms with van der Waals surface area (Å²) in [5, 5.41) is 0. The average molecular weight is 195 g/mol. The SMILES string of the molecule is CC1(C)COC(C)(C)C(C)(C)O1.[Na]. The van der Waals surface area contributed by atoms with Crippen LogP contribution in [0, 0.1) is 0 Å². The Morgan fingerprint density at radius 3 is 1.62 bits per heavy atom. The van der Waals surface area contributed by atoms with Gasteiger partial charge >= 0.3 is 0 Å². The summed E-state index contributed by atoms with van der Waals surface area (Å²) in [6, 6.07) is 0. The molecule has 1 aliphatic rings. The molecule has 1 heterocycles. The van der Waals surface area contributed by atoms with E-state index in [0.29, 0.717) is 6.61 Å². The molecule has 0 bridgehead atoms. The van der Waals surface area contributed by atoms with E-state index in [1.54, 1.807) is 0 Å². The van der Waals surface area contributed by atoms with Gasteiger partial charge in [0.25, 0.3) is 0 Å². The summed E-state index contributed by atoms with van der Waals surface area (Å²) in [5.74, 6) is 0. The summed E-state index contributed by atoms with van der Waals surface area (Å²) in [7, 11) is 0. The van der Waals surface area contributed by atoms with Crippen LogP contribution in [-0.4, -0.2) is 53.0 Å². The zero-order valence-corrected chi connectivity index (χ0v) is 12.0. The van der Waals surface area contributed by atoms with Gasteiger partial charge in [-0.05, 0) is 41.5 Å². The molecule has 0 saturated carbocycles. The Balaban J connectivity index is 0.00000144. The zero-order valence-electron chi connectivity index (χ0n) is 10.0. The first-order valence-corrected chi connectivity index (χ1v) is 4.50. The molecule has 0 unspecified atom stereocenters. The second kappa shape index (κ2) is 3.82. The molecule has 0 aromatic rings. The first-order valence-electron chi connectivity index (χ1n) is 4.50. The van der Waals surface area contributed by atoms with Crippen LogP contribution in [0.3, 0.4) is 0 Å². The van der Waals surface area contributed by atoms with E-state index in [4.69, 9.17) is 9.47 Å². The van der Waals surface area contributed by atoms with Gasteiger partial charge in [0.1, 0.15) is 0 Å². The third-order valence-corrected chi connectivity index (χ3v) is 2.76. The quantitative estimate of drug-likeness (QED) is 0.550. The monoisotopic (exact) mass is 195 g/mol. The summed E-state index contributed by atoms with van der Waals surface area (Å²) < 4.78 is 11.7. The smallest absolute Gasteiger partial charge is 0.0917 e. The fourth-order valence-corrected chi connectivity index (χ4v) is 1.37. The van der Waals surface area contributed by atoms with Crippen LogP contribution in [0.2, 0.25) is 0 Å². The first-order chi connectivity index (χ1) is 5.16. The predicted molar refractivity (Wildman–Crippen MR) is 55.0 cm³/mol. The van der Waals surface area contributed by atoms with Crippen LogP contribution >= 0.6 is 0 Å². The van der Waals surface area contributed by atoms with Gasteiger partial charge in [0.05, 0.1) is 23.4 Å². The summed E-state index contributed by atoms with van der Waals surface area (Å²) in [6.45, 7) is 13.1. The number of hydrogen-bond acceptors (Lipinski definition) is 2. The van der Waals surface area contributed by atoms with E-state index >= 15 is 0 Å². The summed E-state index contributed by atoms with van der Waals surface area (Å²) in [5.41, 5.74) is -0.559. The van der Waals surface area contributed by atoms with Crippen LogP contribution in [0.15, 0.2) is 0 Å². The maximum atomic E-state index is 5.95. The molecule has 1 aliphatic heterocycles. The third-order valence-electron chi connectivity index (χ3n) is 2.76. The first kappa shape index (κ1) is 13.9. The third kappa shape index (κ3) is 2.93. The van der Waals surface area contributed by atoms with Crippen molar-refractivity contribution in [3.63, 3.8) is 0 Å². The van der Waals surface area contributed by atoms with Crippen molar-refractivity contribution in [1.82, 2.24) is 0 Å². The zero-order chi connectivity index (χ0) is 9.62. The molecule has 73 valence electrons. The van der Waals surface area contributed by atoms with E-state index in [1.165, 1.54) is 0 Å². The Bertz CT molecular complexity index is 185. The molecule has 1 saturated heterocycles. The Morgan fingerprint density at radius 1 is 0.846 bits per heavy atom. The van der Waals surface area contributed by atoms with Gasteiger partial charge in [0.2, 0.25) is 0 Å². The molecule has 0 spiro atoms. The number of ether oxygens (including phenoxy) is 2. The molecule has 1 rings (SSSR count). The molecule has 0 N–H and O–H groups in total. The Kier molecular flexibility index (Phi) is 4.09. The van der Waals surface area contributed by atoms with Crippen LogP contribution in [0.1, 0.15) is 41.5 Å². The van der Waals surface area contributed by atoms with Gasteiger partial charge in [-0.3, -0.25) is 0 Å². The Labute approximate surface area is 104 Å². The minimum absolute atomic E-state index is 0. The second-order valence-corrected chi connectivity index (χ2v) is 5.17. The molecule has 13 heavy (non-hydrogen) atoms. The molecule has 2 nitrogen and oxygen atoms in total. The van der Waals surface area contributed by atoms with Crippen molar-refractivity contribution < 1.29 is 9.47 Å². The van der Waals surface area contributed by atoms with Gasteiger partial charge in [0.15, 0.2) is 0 Å². The van der Waals surface area contributed by atoms with Gasteiger partial charge in [-0.15, -0.1) is 0 Å². The fourth-order valence-electron chi connectivity index (χ4n) is 1.37. The topological polar surface area (TPSA) is 18.5 Å². The largest absolute Gasteiger partial charge is 0.370 e. The van der Waals surface area contributed by atoms with Gasteiger partial charge in [0, 0.05) is 29.6 Å². The van der Waals surface area contributed by atoms with Crippen molar-refractivity contribution in [2.75, 3.05) is 6.61 Å². The number of hydrogen-bond donors (Lipinski definition) is 0. The van der Waals surface area contributed by atoms with E-state index in [-0.39, 0.29) is 46.4 Å². The molecule has 3 heteroatoms. The maximum absolute atomic E-state index is 5.95. The molecular weight excluding hydrogens is 175 g/mol. The van der Waals surface area contributed by atoms with Crippen molar-refractivity contribution in [3.05, 3.63) is 0 Å². The average Bonchev–Trinajstić information content (AvgIpc) is 1.79. The van der Waals surface area contributed by atoms with Crippen molar-refractivity contribution in [3.8, 4) is 0 Å². The minimum atomic E-state index is -0.214. The predicted octanol–water partition coefficient (Wildman–Crippen LogP) is 1.99. The Morgan fingerprint density at radius 2 is 1.31 bits per heavy atom. The summed E-state index contributed by atoms with van der Waals surface area (Å²) in [6.07, 6.45) is 0. The van der Waals surface area contributed by atoms with Gasteiger partial charge in [-0.2, -0.15) is 0 Å². The molecule has 0 atom stereocenters. The Hall–Kier alpha value is 0.920. The van der Waals surface area contributed by atoms with E-state index in [1.807, 2.05) is 0 Å². The molecule has 0 amide bonds. The van der Waals surface area contributed by atoms with Crippen LogP contribution in [0.5, 0.6) is 0 Å². The van der Waals surface area contributed by atoms with Crippen molar-refractivity contribution in [2.24, 2.45) is 0 Å². The van der Waals surface area contributed by atoms with Crippen LogP contribution in [0.25, 0.3) is 0 Å². The summed E-state index contributed by atoms with van der Waals surface area (Å²) in [4.78, 5) is 0. The second-order valence-electron chi connectivity index (χ2n) is 5.17. The van der Waals surface area contributed by atoms with Gasteiger partial charge in [-0.25, -0.2) is 0 Å². The molecule has 0 aliphatic carbocycles. The van der Waals surface area contributed by atoms with Crippen LogP contribution in [-0.2, 0) is 9.47 Å². The molecule has 0 aromatic carbocycles. The molecular formula is C10H20NaO2. The number of rotatable bonds is 0. The summed E-state index contributed by atoms with van der Waals surface area (Å²) >= 11 is 0. The van der Waals surface area contributed by atoms with Gasteiger partial charge in [-0.1, -0.05) is 0 Å². The van der Waals surface area contributed by atoms with E-state index in [9.17, 15) is 0 Å². The molecule has 1 radical (unpaired) electrons. The standard InChI is InChI=1S/C10H20O2.Na/c1-8(2)7-11-9(3,4)10(5,6)12-8;/h7H2,1-6H3;. The van der Waals surface area contributed by atoms with Crippen LogP contribution < -0.4 is 0 Å². The van der Waals surface area contributed by atoms with Crippen molar-refractivity contribution in [2.45, 2.75) is 58.3 Å². The normalized spacial score (nSPS) is 29.1. The van der Waals surface area contributed by atoms with E-state index in [0.717, 1.165) is 0 Å². The molecule has 0 aromatic heterocycles.